The minimum atomic E-state index is -0.369. The zero-order valence-corrected chi connectivity index (χ0v) is 15.1. The standard InChI is InChI=1S/C19H14N4O3S/c1-23-18(25)14-5-4-12(7-15(14)19(23)26)21-16(24)8-13-10-27-17(22-13)11-3-2-6-20-9-11/h2-7,9-10H,8H2,1H3,(H,21,24). The van der Waals surface area contributed by atoms with Crippen molar-refractivity contribution >= 4 is 34.7 Å². The summed E-state index contributed by atoms with van der Waals surface area (Å²) in [6, 6.07) is 8.44. The van der Waals surface area contributed by atoms with E-state index in [0.717, 1.165) is 15.5 Å². The lowest BCUT2D eigenvalue weighted by atomic mass is 10.1. The second-order valence-electron chi connectivity index (χ2n) is 6.04. The average molecular weight is 378 g/mol. The van der Waals surface area contributed by atoms with Crippen LogP contribution in [0.2, 0.25) is 0 Å². The molecule has 3 aromatic rings. The number of aromatic nitrogens is 2. The van der Waals surface area contributed by atoms with Crippen LogP contribution in [-0.2, 0) is 11.2 Å². The van der Waals surface area contributed by atoms with Crippen molar-refractivity contribution in [2.75, 3.05) is 12.4 Å². The minimum Gasteiger partial charge on any atom is -0.326 e. The van der Waals surface area contributed by atoms with Gasteiger partial charge in [0.2, 0.25) is 5.91 Å². The van der Waals surface area contributed by atoms with Crippen LogP contribution >= 0.6 is 11.3 Å². The number of carbonyl (C=O) groups is 3. The molecule has 2 aromatic heterocycles. The molecule has 0 bridgehead atoms. The van der Waals surface area contributed by atoms with Crippen molar-refractivity contribution in [1.29, 1.82) is 0 Å². The number of hydrogen-bond acceptors (Lipinski definition) is 6. The fourth-order valence-electron chi connectivity index (χ4n) is 2.82. The van der Waals surface area contributed by atoms with Gasteiger partial charge in [0, 0.05) is 36.1 Å². The smallest absolute Gasteiger partial charge is 0.261 e. The first kappa shape index (κ1) is 17.0. The SMILES string of the molecule is CN1C(=O)c2ccc(NC(=O)Cc3csc(-c4cccnc4)n3)cc2C1=O. The second kappa shape index (κ2) is 6.73. The lowest BCUT2D eigenvalue weighted by Gasteiger charge is -2.05. The molecule has 0 fully saturated rings. The van der Waals surface area contributed by atoms with Gasteiger partial charge in [-0.15, -0.1) is 11.3 Å². The summed E-state index contributed by atoms with van der Waals surface area (Å²) in [5, 5.41) is 5.39. The Labute approximate surface area is 158 Å². The number of nitrogens with zero attached hydrogens (tertiary/aromatic N) is 3. The molecule has 0 atom stereocenters. The molecule has 1 aliphatic rings. The molecule has 8 heteroatoms. The number of imide groups is 1. The second-order valence-corrected chi connectivity index (χ2v) is 6.90. The maximum Gasteiger partial charge on any atom is 0.261 e. The van der Waals surface area contributed by atoms with Gasteiger partial charge in [0.1, 0.15) is 5.01 Å². The topological polar surface area (TPSA) is 92.3 Å². The Kier molecular flexibility index (Phi) is 4.25. The fourth-order valence-corrected chi connectivity index (χ4v) is 3.63. The van der Waals surface area contributed by atoms with Crippen molar-refractivity contribution in [3.8, 4) is 10.6 Å². The molecular weight excluding hydrogens is 364 g/mol. The number of carbonyl (C=O) groups excluding carboxylic acids is 3. The zero-order chi connectivity index (χ0) is 19.0. The maximum absolute atomic E-state index is 12.3. The lowest BCUT2D eigenvalue weighted by molar-refractivity contribution is -0.115. The Bertz CT molecular complexity index is 1060. The highest BCUT2D eigenvalue weighted by atomic mass is 32.1. The van der Waals surface area contributed by atoms with Gasteiger partial charge in [-0.05, 0) is 30.3 Å². The molecule has 3 heterocycles. The number of benzene rings is 1. The molecule has 1 N–H and O–H groups in total. The molecule has 1 aromatic carbocycles. The van der Waals surface area contributed by atoms with E-state index in [1.54, 1.807) is 24.5 Å². The largest absolute Gasteiger partial charge is 0.326 e. The summed E-state index contributed by atoms with van der Waals surface area (Å²) in [6.45, 7) is 0. The van der Waals surface area contributed by atoms with E-state index in [2.05, 4.69) is 15.3 Å². The molecule has 1 aliphatic heterocycles. The predicted molar refractivity (Wildman–Crippen MR) is 101 cm³/mol. The molecule has 0 saturated carbocycles. The molecule has 3 amide bonds. The van der Waals surface area contributed by atoms with E-state index in [0.29, 0.717) is 22.5 Å². The Morgan fingerprint density at radius 2 is 2.00 bits per heavy atom. The van der Waals surface area contributed by atoms with Crippen LogP contribution in [0.25, 0.3) is 10.6 Å². The first-order valence-corrected chi connectivity index (χ1v) is 9.02. The van der Waals surface area contributed by atoms with Gasteiger partial charge in [0.25, 0.3) is 11.8 Å². The molecule has 0 aliphatic carbocycles. The Balaban J connectivity index is 1.46. The van der Waals surface area contributed by atoms with Gasteiger partial charge >= 0.3 is 0 Å². The number of fused-ring (bicyclic) bond motifs is 1. The third-order valence-corrected chi connectivity index (χ3v) is 5.12. The van der Waals surface area contributed by atoms with Crippen LogP contribution in [0.1, 0.15) is 26.4 Å². The summed E-state index contributed by atoms with van der Waals surface area (Å²) >= 11 is 1.45. The number of nitrogens with one attached hydrogen (secondary N) is 1. The van der Waals surface area contributed by atoms with Crippen LogP contribution in [0.4, 0.5) is 5.69 Å². The summed E-state index contributed by atoms with van der Waals surface area (Å²) in [5.41, 5.74) is 2.68. The fraction of sp³-hybridized carbons (Fsp3) is 0.105. The van der Waals surface area contributed by atoms with Crippen LogP contribution in [0.5, 0.6) is 0 Å². The molecule has 0 spiro atoms. The number of hydrogen-bond donors (Lipinski definition) is 1. The van der Waals surface area contributed by atoms with Crippen molar-refractivity contribution in [2.45, 2.75) is 6.42 Å². The van der Waals surface area contributed by atoms with Crippen molar-refractivity contribution in [3.63, 3.8) is 0 Å². The monoisotopic (exact) mass is 378 g/mol. The average Bonchev–Trinajstić information content (AvgIpc) is 3.22. The van der Waals surface area contributed by atoms with Crippen LogP contribution in [0, 0.1) is 0 Å². The number of pyridine rings is 1. The van der Waals surface area contributed by atoms with Crippen molar-refractivity contribution < 1.29 is 14.4 Å². The lowest BCUT2D eigenvalue weighted by Crippen LogP contribution is -2.24. The minimum absolute atomic E-state index is 0.112. The highest BCUT2D eigenvalue weighted by Gasteiger charge is 2.32. The van der Waals surface area contributed by atoms with Crippen molar-refractivity contribution in [1.82, 2.24) is 14.9 Å². The van der Waals surface area contributed by atoms with E-state index in [1.165, 1.54) is 24.5 Å². The molecule has 0 saturated heterocycles. The molecule has 134 valence electrons. The normalized spacial score (nSPS) is 13.0. The van der Waals surface area contributed by atoms with E-state index in [-0.39, 0.29) is 24.1 Å². The number of anilines is 1. The van der Waals surface area contributed by atoms with E-state index in [9.17, 15) is 14.4 Å². The van der Waals surface area contributed by atoms with Crippen LogP contribution in [0.15, 0.2) is 48.1 Å². The van der Waals surface area contributed by atoms with Gasteiger partial charge in [-0.25, -0.2) is 4.98 Å². The molecule has 0 radical (unpaired) electrons. The van der Waals surface area contributed by atoms with Crippen LogP contribution in [-0.4, -0.2) is 39.6 Å². The van der Waals surface area contributed by atoms with E-state index in [1.807, 2.05) is 17.5 Å². The summed E-state index contributed by atoms with van der Waals surface area (Å²) in [4.78, 5) is 45.9. The van der Waals surface area contributed by atoms with E-state index < -0.39 is 0 Å². The van der Waals surface area contributed by atoms with Gasteiger partial charge in [-0.3, -0.25) is 24.3 Å². The number of thiazole rings is 1. The zero-order valence-electron chi connectivity index (χ0n) is 14.3. The number of amides is 3. The van der Waals surface area contributed by atoms with Gasteiger partial charge in [-0.1, -0.05) is 0 Å². The Morgan fingerprint density at radius 1 is 1.19 bits per heavy atom. The highest BCUT2D eigenvalue weighted by molar-refractivity contribution is 7.13. The third kappa shape index (κ3) is 3.22. The highest BCUT2D eigenvalue weighted by Crippen LogP contribution is 2.25. The molecule has 7 nitrogen and oxygen atoms in total. The van der Waals surface area contributed by atoms with E-state index >= 15 is 0 Å². The summed E-state index contributed by atoms with van der Waals surface area (Å²) < 4.78 is 0. The molecule has 27 heavy (non-hydrogen) atoms. The summed E-state index contributed by atoms with van der Waals surface area (Å²) in [5.74, 6) is -0.951. The first-order valence-electron chi connectivity index (χ1n) is 8.14. The van der Waals surface area contributed by atoms with Gasteiger partial charge in [0.05, 0.1) is 23.2 Å². The molecular formula is C19H14N4O3S. The summed E-state index contributed by atoms with van der Waals surface area (Å²) in [7, 11) is 1.44. The summed E-state index contributed by atoms with van der Waals surface area (Å²) in [6.07, 6.45) is 3.53. The third-order valence-electron chi connectivity index (χ3n) is 4.18. The van der Waals surface area contributed by atoms with Crippen molar-refractivity contribution in [2.24, 2.45) is 0 Å². The van der Waals surface area contributed by atoms with Gasteiger partial charge < -0.3 is 5.32 Å². The van der Waals surface area contributed by atoms with Gasteiger partial charge in [-0.2, -0.15) is 0 Å². The first-order chi connectivity index (χ1) is 13.0. The molecule has 0 unspecified atom stereocenters. The Morgan fingerprint density at radius 3 is 2.78 bits per heavy atom. The van der Waals surface area contributed by atoms with Crippen LogP contribution in [0.3, 0.4) is 0 Å². The van der Waals surface area contributed by atoms with Crippen LogP contribution < -0.4 is 5.32 Å². The number of rotatable bonds is 4. The predicted octanol–water partition coefficient (Wildman–Crippen LogP) is 2.61. The quantitative estimate of drug-likeness (QED) is 0.705. The maximum atomic E-state index is 12.3. The van der Waals surface area contributed by atoms with E-state index in [4.69, 9.17) is 0 Å². The molecule has 4 rings (SSSR count). The van der Waals surface area contributed by atoms with Crippen molar-refractivity contribution in [3.05, 3.63) is 64.9 Å². The van der Waals surface area contributed by atoms with Gasteiger partial charge in [0.15, 0.2) is 0 Å². The Hall–Kier alpha value is -3.39.